The third-order valence-electron chi connectivity index (χ3n) is 2.49. The first-order valence-corrected chi connectivity index (χ1v) is 6.46. The average molecular weight is 328 g/mol. The summed E-state index contributed by atoms with van der Waals surface area (Å²) in [6.07, 6.45) is 0.165. The van der Waals surface area contributed by atoms with Crippen LogP contribution in [0.4, 0.5) is 4.39 Å². The molecule has 0 saturated carbocycles. The van der Waals surface area contributed by atoms with Gasteiger partial charge in [0.2, 0.25) is 0 Å². The summed E-state index contributed by atoms with van der Waals surface area (Å²) in [5.41, 5.74) is 0.906. The highest BCUT2D eigenvalue weighted by Gasteiger charge is 2.12. The minimum Gasteiger partial charge on any atom is -0.294 e. The van der Waals surface area contributed by atoms with Gasteiger partial charge in [-0.3, -0.25) is 4.79 Å². The number of carbonyl (C=O) groups excluding carboxylic acids is 1. The van der Waals surface area contributed by atoms with E-state index >= 15 is 0 Å². The molecule has 2 aromatic carbocycles. The highest BCUT2D eigenvalue weighted by atomic mass is 79.9. The Bertz CT molecular complexity index is 598. The van der Waals surface area contributed by atoms with Gasteiger partial charge in [-0.05, 0) is 35.9 Å². The van der Waals surface area contributed by atoms with Crippen LogP contribution in [0.25, 0.3) is 0 Å². The van der Waals surface area contributed by atoms with Crippen molar-refractivity contribution in [1.29, 1.82) is 0 Å². The summed E-state index contributed by atoms with van der Waals surface area (Å²) < 4.78 is 14.5. The molecule has 0 aromatic heterocycles. The number of halogens is 3. The molecule has 0 amide bonds. The third kappa shape index (κ3) is 3.18. The van der Waals surface area contributed by atoms with Gasteiger partial charge in [0.25, 0.3) is 0 Å². The minimum atomic E-state index is -0.581. The van der Waals surface area contributed by atoms with Gasteiger partial charge in [-0.25, -0.2) is 4.39 Å². The standard InChI is InChI=1S/C14H9BrClFO/c15-10-3-1-2-9(6-10)7-14(18)12-5-4-11(16)8-13(12)17/h1-6,8H,7H2. The summed E-state index contributed by atoms with van der Waals surface area (Å²) in [6, 6.07) is 11.5. The van der Waals surface area contributed by atoms with Gasteiger partial charge < -0.3 is 0 Å². The van der Waals surface area contributed by atoms with Gasteiger partial charge in [0, 0.05) is 15.9 Å². The van der Waals surface area contributed by atoms with Crippen LogP contribution in [0, 0.1) is 5.82 Å². The molecule has 4 heteroatoms. The van der Waals surface area contributed by atoms with E-state index in [0.717, 1.165) is 16.1 Å². The smallest absolute Gasteiger partial charge is 0.170 e. The first kappa shape index (κ1) is 13.2. The molecular formula is C14H9BrClFO. The molecular weight excluding hydrogens is 319 g/mol. The van der Waals surface area contributed by atoms with Crippen LogP contribution >= 0.6 is 27.5 Å². The van der Waals surface area contributed by atoms with Crippen LogP contribution in [0.3, 0.4) is 0 Å². The molecule has 0 heterocycles. The molecule has 0 radical (unpaired) electrons. The van der Waals surface area contributed by atoms with Crippen LogP contribution in [-0.4, -0.2) is 5.78 Å². The predicted molar refractivity (Wildman–Crippen MR) is 73.6 cm³/mol. The molecule has 0 unspecified atom stereocenters. The van der Waals surface area contributed by atoms with Crippen LogP contribution in [-0.2, 0) is 6.42 Å². The Morgan fingerprint density at radius 1 is 1.22 bits per heavy atom. The zero-order valence-corrected chi connectivity index (χ0v) is 11.6. The number of carbonyl (C=O) groups is 1. The Labute approximate surface area is 118 Å². The fourth-order valence-corrected chi connectivity index (χ4v) is 2.25. The van der Waals surface area contributed by atoms with Crippen molar-refractivity contribution in [1.82, 2.24) is 0 Å². The fourth-order valence-electron chi connectivity index (χ4n) is 1.64. The van der Waals surface area contributed by atoms with Gasteiger partial charge in [0.15, 0.2) is 5.78 Å². The quantitative estimate of drug-likeness (QED) is 0.749. The van der Waals surface area contributed by atoms with E-state index in [2.05, 4.69) is 15.9 Å². The molecule has 18 heavy (non-hydrogen) atoms. The Kier molecular flexibility index (Phi) is 4.15. The van der Waals surface area contributed by atoms with E-state index in [1.165, 1.54) is 12.1 Å². The minimum absolute atomic E-state index is 0.0689. The maximum Gasteiger partial charge on any atom is 0.170 e. The Morgan fingerprint density at radius 3 is 2.67 bits per heavy atom. The van der Waals surface area contributed by atoms with E-state index in [0.29, 0.717) is 0 Å². The highest BCUT2D eigenvalue weighted by Crippen LogP contribution is 2.18. The Hall–Kier alpha value is -1.19. The molecule has 1 nitrogen and oxygen atoms in total. The Morgan fingerprint density at radius 2 is 2.00 bits per heavy atom. The van der Waals surface area contributed by atoms with Crippen LogP contribution in [0.2, 0.25) is 5.02 Å². The number of rotatable bonds is 3. The number of hydrogen-bond acceptors (Lipinski definition) is 1. The van der Waals surface area contributed by atoms with Gasteiger partial charge in [0.1, 0.15) is 5.82 Å². The number of benzene rings is 2. The second-order valence-corrected chi connectivity index (χ2v) is 5.21. The molecule has 0 N–H and O–H groups in total. The zero-order chi connectivity index (χ0) is 13.1. The second kappa shape index (κ2) is 5.63. The van der Waals surface area contributed by atoms with Crippen molar-refractivity contribution in [3.05, 3.63) is 68.9 Å². The summed E-state index contributed by atoms with van der Waals surface area (Å²) in [7, 11) is 0. The molecule has 92 valence electrons. The SMILES string of the molecule is O=C(Cc1cccc(Br)c1)c1ccc(Cl)cc1F. The van der Waals surface area contributed by atoms with Crippen molar-refractivity contribution in [3.63, 3.8) is 0 Å². The number of Topliss-reactive ketones (excluding diaryl/α,β-unsaturated/α-hetero) is 1. The molecule has 0 spiro atoms. The molecule has 0 bridgehead atoms. The molecule has 2 aromatic rings. The van der Waals surface area contributed by atoms with E-state index in [1.807, 2.05) is 24.3 Å². The van der Waals surface area contributed by atoms with E-state index in [9.17, 15) is 9.18 Å². The summed E-state index contributed by atoms with van der Waals surface area (Å²) in [5, 5.41) is 0.284. The maximum absolute atomic E-state index is 13.6. The van der Waals surface area contributed by atoms with Crippen LogP contribution in [0.5, 0.6) is 0 Å². The van der Waals surface area contributed by atoms with E-state index in [4.69, 9.17) is 11.6 Å². The molecule has 0 atom stereocenters. The monoisotopic (exact) mass is 326 g/mol. The van der Waals surface area contributed by atoms with Crippen molar-refractivity contribution < 1.29 is 9.18 Å². The van der Waals surface area contributed by atoms with Gasteiger partial charge >= 0.3 is 0 Å². The van der Waals surface area contributed by atoms with Gasteiger partial charge in [-0.15, -0.1) is 0 Å². The van der Waals surface area contributed by atoms with Crippen molar-refractivity contribution >= 4 is 33.3 Å². The number of hydrogen-bond donors (Lipinski definition) is 0. The van der Waals surface area contributed by atoms with Gasteiger partial charge in [-0.2, -0.15) is 0 Å². The predicted octanol–water partition coefficient (Wildman–Crippen LogP) is 4.67. The lowest BCUT2D eigenvalue weighted by Crippen LogP contribution is -2.06. The first-order chi connectivity index (χ1) is 8.56. The van der Waals surface area contributed by atoms with Crippen molar-refractivity contribution in [2.45, 2.75) is 6.42 Å². The molecule has 0 fully saturated rings. The van der Waals surface area contributed by atoms with Crippen molar-refractivity contribution in [3.8, 4) is 0 Å². The lowest BCUT2D eigenvalue weighted by Gasteiger charge is -2.04. The summed E-state index contributed by atoms with van der Waals surface area (Å²) in [5.74, 6) is -0.843. The lowest BCUT2D eigenvalue weighted by molar-refractivity contribution is 0.0989. The largest absolute Gasteiger partial charge is 0.294 e. The van der Waals surface area contributed by atoms with Crippen LogP contribution < -0.4 is 0 Å². The normalized spacial score (nSPS) is 10.4. The Balaban J connectivity index is 2.22. The summed E-state index contributed by atoms with van der Waals surface area (Å²) in [6.45, 7) is 0. The topological polar surface area (TPSA) is 17.1 Å². The molecule has 0 aliphatic heterocycles. The summed E-state index contributed by atoms with van der Waals surface area (Å²) >= 11 is 8.97. The fraction of sp³-hybridized carbons (Fsp3) is 0.0714. The maximum atomic E-state index is 13.6. The van der Waals surface area contributed by atoms with Gasteiger partial charge in [-0.1, -0.05) is 39.7 Å². The molecule has 0 aliphatic carbocycles. The molecule has 2 rings (SSSR count). The van der Waals surface area contributed by atoms with Crippen LogP contribution in [0.1, 0.15) is 15.9 Å². The lowest BCUT2D eigenvalue weighted by atomic mass is 10.0. The van der Waals surface area contributed by atoms with E-state index < -0.39 is 5.82 Å². The van der Waals surface area contributed by atoms with Gasteiger partial charge in [0.05, 0.1) is 5.56 Å². The molecule has 0 saturated heterocycles. The highest BCUT2D eigenvalue weighted by molar-refractivity contribution is 9.10. The molecule has 0 aliphatic rings. The van der Waals surface area contributed by atoms with E-state index in [1.54, 1.807) is 0 Å². The second-order valence-electron chi connectivity index (χ2n) is 3.85. The van der Waals surface area contributed by atoms with E-state index in [-0.39, 0.29) is 22.8 Å². The zero-order valence-electron chi connectivity index (χ0n) is 9.29. The average Bonchev–Trinajstić information content (AvgIpc) is 2.28. The first-order valence-electron chi connectivity index (χ1n) is 5.29. The van der Waals surface area contributed by atoms with Crippen molar-refractivity contribution in [2.75, 3.05) is 0 Å². The number of ketones is 1. The van der Waals surface area contributed by atoms with Crippen molar-refractivity contribution in [2.24, 2.45) is 0 Å². The third-order valence-corrected chi connectivity index (χ3v) is 3.21. The van der Waals surface area contributed by atoms with Crippen LogP contribution in [0.15, 0.2) is 46.9 Å². The summed E-state index contributed by atoms with van der Waals surface area (Å²) in [4.78, 5) is 12.0.